The lowest BCUT2D eigenvalue weighted by molar-refractivity contribution is -0.118. The van der Waals surface area contributed by atoms with Gasteiger partial charge in [-0.1, -0.05) is 17.7 Å². The number of amides is 2. The molecule has 11 heteroatoms. The SMILES string of the molecule is Cc1nccn1-c1ccc(NC(=O)C(Cc2cc(-c3ccc(=O)n(C(C)C)c3)ccc2Cl)NC(=O)c2ccnn2C)cc1. The first kappa shape index (κ1) is 29.5. The van der Waals surface area contributed by atoms with Gasteiger partial charge in [-0.15, -0.1) is 0 Å². The number of aromatic nitrogens is 5. The molecule has 0 aliphatic carbocycles. The van der Waals surface area contributed by atoms with Crippen molar-refractivity contribution in [2.45, 2.75) is 39.3 Å². The summed E-state index contributed by atoms with van der Waals surface area (Å²) in [6.45, 7) is 5.80. The largest absolute Gasteiger partial charge is 0.339 e. The Labute approximate surface area is 254 Å². The normalized spacial score (nSPS) is 11.9. The van der Waals surface area contributed by atoms with Crippen LogP contribution in [-0.4, -0.2) is 41.8 Å². The maximum absolute atomic E-state index is 13.7. The number of hydrogen-bond acceptors (Lipinski definition) is 5. The Morgan fingerprint density at radius 1 is 0.977 bits per heavy atom. The molecule has 0 saturated heterocycles. The molecular formula is C32H32ClN7O3. The summed E-state index contributed by atoms with van der Waals surface area (Å²) in [6.07, 6.45) is 7.04. The Kier molecular flexibility index (Phi) is 8.58. The Balaban J connectivity index is 1.43. The minimum Gasteiger partial charge on any atom is -0.339 e. The number of halogens is 1. The molecule has 2 N–H and O–H groups in total. The molecule has 0 spiro atoms. The molecular weight excluding hydrogens is 566 g/mol. The second-order valence-electron chi connectivity index (χ2n) is 10.5. The van der Waals surface area contributed by atoms with Gasteiger partial charge in [-0.25, -0.2) is 4.98 Å². The van der Waals surface area contributed by atoms with E-state index in [1.165, 1.54) is 16.9 Å². The van der Waals surface area contributed by atoms with Gasteiger partial charge in [0.1, 0.15) is 17.6 Å². The zero-order chi connectivity index (χ0) is 30.7. The van der Waals surface area contributed by atoms with E-state index < -0.39 is 17.9 Å². The van der Waals surface area contributed by atoms with Crippen molar-refractivity contribution in [2.24, 2.45) is 7.05 Å². The first-order valence-electron chi connectivity index (χ1n) is 13.8. The molecule has 2 aromatic carbocycles. The molecule has 10 nitrogen and oxygen atoms in total. The van der Waals surface area contributed by atoms with Crippen LogP contribution in [0.25, 0.3) is 16.8 Å². The van der Waals surface area contributed by atoms with Gasteiger partial charge in [0.05, 0.1) is 0 Å². The van der Waals surface area contributed by atoms with E-state index in [2.05, 4.69) is 20.7 Å². The van der Waals surface area contributed by atoms with Crippen LogP contribution in [0.15, 0.2) is 90.2 Å². The van der Waals surface area contributed by atoms with Crippen LogP contribution < -0.4 is 16.2 Å². The molecule has 0 saturated carbocycles. The van der Waals surface area contributed by atoms with Gasteiger partial charge in [-0.3, -0.25) is 19.1 Å². The van der Waals surface area contributed by atoms with E-state index in [0.717, 1.165) is 22.6 Å². The molecule has 0 aliphatic rings. The fourth-order valence-electron chi connectivity index (χ4n) is 4.83. The lowest BCUT2D eigenvalue weighted by Gasteiger charge is -2.20. The number of pyridine rings is 1. The fraction of sp³-hybridized carbons (Fsp3) is 0.219. The lowest BCUT2D eigenvalue weighted by Crippen LogP contribution is -2.45. The van der Waals surface area contributed by atoms with Gasteiger partial charge in [0.2, 0.25) is 5.91 Å². The molecule has 3 heterocycles. The average molecular weight is 598 g/mol. The number of anilines is 1. The van der Waals surface area contributed by atoms with Gasteiger partial charge in [-0.2, -0.15) is 5.10 Å². The molecule has 1 unspecified atom stereocenters. The summed E-state index contributed by atoms with van der Waals surface area (Å²) in [5.74, 6) is -0.00361. The number of rotatable bonds is 9. The van der Waals surface area contributed by atoms with Crippen molar-refractivity contribution in [2.75, 3.05) is 5.32 Å². The first-order chi connectivity index (χ1) is 20.6. The summed E-state index contributed by atoms with van der Waals surface area (Å²) in [6, 6.07) is 16.8. The number of imidazole rings is 1. The molecule has 1 atom stereocenters. The van der Waals surface area contributed by atoms with E-state index in [0.29, 0.717) is 22.0 Å². The highest BCUT2D eigenvalue weighted by molar-refractivity contribution is 6.31. The maximum Gasteiger partial charge on any atom is 0.270 e. The molecule has 43 heavy (non-hydrogen) atoms. The zero-order valence-corrected chi connectivity index (χ0v) is 25.0. The minimum absolute atomic E-state index is 0.00690. The van der Waals surface area contributed by atoms with Crippen molar-refractivity contribution in [3.63, 3.8) is 0 Å². The highest BCUT2D eigenvalue weighted by Crippen LogP contribution is 2.27. The van der Waals surface area contributed by atoms with Gasteiger partial charge in [0.15, 0.2) is 0 Å². The van der Waals surface area contributed by atoms with E-state index in [4.69, 9.17) is 11.6 Å². The predicted molar refractivity (Wildman–Crippen MR) is 167 cm³/mol. The molecule has 3 aromatic heterocycles. The topological polar surface area (TPSA) is 116 Å². The quantitative estimate of drug-likeness (QED) is 0.249. The molecule has 0 fully saturated rings. The maximum atomic E-state index is 13.7. The molecule has 0 radical (unpaired) electrons. The van der Waals surface area contributed by atoms with Crippen LogP contribution in [-0.2, 0) is 18.3 Å². The average Bonchev–Trinajstić information content (AvgIpc) is 3.62. The molecule has 2 amide bonds. The van der Waals surface area contributed by atoms with Crippen molar-refractivity contribution < 1.29 is 9.59 Å². The second kappa shape index (κ2) is 12.5. The number of carbonyl (C=O) groups is 2. The van der Waals surface area contributed by atoms with Crippen LogP contribution in [0, 0.1) is 6.92 Å². The van der Waals surface area contributed by atoms with E-state index >= 15 is 0 Å². The third-order valence-corrected chi connectivity index (χ3v) is 7.58. The van der Waals surface area contributed by atoms with Crippen LogP contribution in [0.4, 0.5) is 5.69 Å². The first-order valence-corrected chi connectivity index (χ1v) is 14.2. The van der Waals surface area contributed by atoms with Gasteiger partial charge < -0.3 is 19.8 Å². The Morgan fingerprint density at radius 2 is 1.72 bits per heavy atom. The number of aryl methyl sites for hydroxylation is 2. The van der Waals surface area contributed by atoms with Gasteiger partial charge in [0.25, 0.3) is 11.5 Å². The van der Waals surface area contributed by atoms with Crippen LogP contribution in [0.1, 0.15) is 41.8 Å². The van der Waals surface area contributed by atoms with E-state index in [9.17, 15) is 14.4 Å². The molecule has 0 aliphatic heterocycles. The Hall–Kier alpha value is -4.96. The van der Waals surface area contributed by atoms with E-state index in [1.807, 2.05) is 62.0 Å². The summed E-state index contributed by atoms with van der Waals surface area (Å²) in [7, 11) is 1.66. The summed E-state index contributed by atoms with van der Waals surface area (Å²) >= 11 is 6.62. The molecule has 220 valence electrons. The van der Waals surface area contributed by atoms with Crippen molar-refractivity contribution >= 4 is 29.1 Å². The minimum atomic E-state index is -0.963. The molecule has 0 bridgehead atoms. The smallest absolute Gasteiger partial charge is 0.270 e. The predicted octanol–water partition coefficient (Wildman–Crippen LogP) is 4.96. The van der Waals surface area contributed by atoms with Crippen LogP contribution in [0.2, 0.25) is 5.02 Å². The number of nitrogens with one attached hydrogen (secondary N) is 2. The second-order valence-corrected chi connectivity index (χ2v) is 10.9. The number of benzene rings is 2. The lowest BCUT2D eigenvalue weighted by atomic mass is 9.99. The number of carbonyl (C=O) groups excluding carboxylic acids is 2. The summed E-state index contributed by atoms with van der Waals surface area (Å²) in [4.78, 5) is 43.4. The monoisotopic (exact) mass is 597 g/mol. The van der Waals surface area contributed by atoms with E-state index in [-0.39, 0.29) is 18.0 Å². The third-order valence-electron chi connectivity index (χ3n) is 7.21. The molecule has 5 rings (SSSR count). The number of nitrogens with zero attached hydrogens (tertiary/aromatic N) is 5. The van der Waals surface area contributed by atoms with Crippen molar-refractivity contribution in [3.05, 3.63) is 118 Å². The van der Waals surface area contributed by atoms with Gasteiger partial charge in [-0.05, 0) is 86.0 Å². The van der Waals surface area contributed by atoms with E-state index in [1.54, 1.807) is 48.1 Å². The number of hydrogen-bond donors (Lipinski definition) is 2. The van der Waals surface area contributed by atoms with Crippen LogP contribution in [0.3, 0.4) is 0 Å². The van der Waals surface area contributed by atoms with Crippen LogP contribution in [0.5, 0.6) is 0 Å². The highest BCUT2D eigenvalue weighted by atomic mass is 35.5. The fourth-order valence-corrected chi connectivity index (χ4v) is 5.03. The zero-order valence-electron chi connectivity index (χ0n) is 24.3. The van der Waals surface area contributed by atoms with Crippen molar-refractivity contribution in [1.29, 1.82) is 0 Å². The van der Waals surface area contributed by atoms with Gasteiger partial charge >= 0.3 is 0 Å². The summed E-state index contributed by atoms with van der Waals surface area (Å²) in [5, 5.41) is 10.3. The molecule has 5 aromatic rings. The summed E-state index contributed by atoms with van der Waals surface area (Å²) < 4.78 is 5.04. The highest BCUT2D eigenvalue weighted by Gasteiger charge is 2.25. The summed E-state index contributed by atoms with van der Waals surface area (Å²) in [5.41, 5.74) is 4.03. The Bertz CT molecular complexity index is 1840. The van der Waals surface area contributed by atoms with Crippen molar-refractivity contribution in [1.82, 2.24) is 29.2 Å². The Morgan fingerprint density at radius 3 is 2.37 bits per heavy atom. The van der Waals surface area contributed by atoms with Gasteiger partial charge in [0, 0.05) is 66.8 Å². The van der Waals surface area contributed by atoms with Crippen molar-refractivity contribution in [3.8, 4) is 16.8 Å². The standard InChI is InChI=1S/C32H32ClN7O3/c1-20(2)40-19-23(6-12-30(40)41)22-5-11-27(33)24(17-22)18-28(37-32(43)29-13-14-35-38(29)4)31(42)36-25-7-9-26(10-8-25)39-16-15-34-21(39)3/h5-17,19-20,28H,18H2,1-4H3,(H,36,42)(H,37,43). The van der Waals surface area contributed by atoms with Crippen LogP contribution >= 0.6 is 11.6 Å². The third kappa shape index (κ3) is 6.60.